The average molecular weight is 283 g/mol. The van der Waals surface area contributed by atoms with Gasteiger partial charge in [0.05, 0.1) is 19.3 Å². The fourth-order valence-electron chi connectivity index (χ4n) is 3.04. The van der Waals surface area contributed by atoms with Crippen molar-refractivity contribution in [2.75, 3.05) is 12.4 Å². The zero-order valence-electron chi connectivity index (χ0n) is 12.5. The average Bonchev–Trinajstić information content (AvgIpc) is 2.90. The van der Waals surface area contributed by atoms with Gasteiger partial charge in [-0.3, -0.25) is 0 Å². The van der Waals surface area contributed by atoms with E-state index in [0.717, 1.165) is 29.8 Å². The molecule has 21 heavy (non-hydrogen) atoms. The number of methoxy groups -OCH3 is 1. The van der Waals surface area contributed by atoms with Gasteiger partial charge in [0.2, 0.25) is 0 Å². The minimum atomic E-state index is -0.472. The summed E-state index contributed by atoms with van der Waals surface area (Å²) in [4.78, 5) is 0. The van der Waals surface area contributed by atoms with Crippen LogP contribution in [0.3, 0.4) is 0 Å². The van der Waals surface area contributed by atoms with Gasteiger partial charge in [0.15, 0.2) is 0 Å². The summed E-state index contributed by atoms with van der Waals surface area (Å²) in [7, 11) is 1.70. The third-order valence-electron chi connectivity index (χ3n) is 4.17. The van der Waals surface area contributed by atoms with Gasteiger partial charge >= 0.3 is 0 Å². The Bertz CT molecular complexity index is 637. The van der Waals surface area contributed by atoms with E-state index in [1.807, 2.05) is 30.3 Å². The molecule has 0 amide bonds. The predicted octanol–water partition coefficient (Wildman–Crippen LogP) is 3.85. The lowest BCUT2D eigenvalue weighted by atomic mass is 10.0. The Morgan fingerprint density at radius 1 is 1.24 bits per heavy atom. The molecule has 0 saturated carbocycles. The Morgan fingerprint density at radius 3 is 2.81 bits per heavy atom. The zero-order valence-corrected chi connectivity index (χ0v) is 12.5. The molecule has 0 bridgehead atoms. The van der Waals surface area contributed by atoms with Crippen molar-refractivity contribution in [2.24, 2.45) is 0 Å². The molecule has 0 heterocycles. The number of aliphatic hydroxyl groups excluding tert-OH is 1. The lowest BCUT2D eigenvalue weighted by Gasteiger charge is -2.20. The largest absolute Gasteiger partial charge is 0.497 e. The minimum absolute atomic E-state index is 0.273. The molecule has 110 valence electrons. The second-order valence-corrected chi connectivity index (χ2v) is 5.56. The quantitative estimate of drug-likeness (QED) is 0.895. The molecular weight excluding hydrogens is 262 g/mol. The highest BCUT2D eigenvalue weighted by molar-refractivity contribution is 5.55. The standard InChI is InChI=1S/C18H21NO2/c1-12(20)15-5-3-4-6-17(15)19-18-10-8-13-7-9-14(21-2)11-16(13)18/h3-7,9,11-12,18-20H,8,10H2,1-2H3. The number of aryl methyl sites for hydroxylation is 1. The highest BCUT2D eigenvalue weighted by atomic mass is 16.5. The lowest BCUT2D eigenvalue weighted by Crippen LogP contribution is -2.10. The van der Waals surface area contributed by atoms with Crippen LogP contribution in [-0.4, -0.2) is 12.2 Å². The van der Waals surface area contributed by atoms with E-state index >= 15 is 0 Å². The smallest absolute Gasteiger partial charge is 0.119 e. The van der Waals surface area contributed by atoms with Gasteiger partial charge < -0.3 is 15.2 Å². The van der Waals surface area contributed by atoms with Crippen LogP contribution in [0, 0.1) is 0 Å². The lowest BCUT2D eigenvalue weighted by molar-refractivity contribution is 0.200. The molecule has 0 aliphatic heterocycles. The predicted molar refractivity (Wildman–Crippen MR) is 84.8 cm³/mol. The first kappa shape index (κ1) is 14.0. The molecule has 2 aromatic rings. The Hall–Kier alpha value is -2.00. The normalized spacial score (nSPS) is 18.1. The molecule has 0 fully saturated rings. The van der Waals surface area contributed by atoms with E-state index in [9.17, 15) is 5.11 Å². The van der Waals surface area contributed by atoms with Gasteiger partial charge in [-0.1, -0.05) is 24.3 Å². The number of ether oxygens (including phenoxy) is 1. The van der Waals surface area contributed by atoms with E-state index in [-0.39, 0.29) is 6.04 Å². The van der Waals surface area contributed by atoms with E-state index in [0.29, 0.717) is 0 Å². The van der Waals surface area contributed by atoms with E-state index in [4.69, 9.17) is 4.74 Å². The zero-order chi connectivity index (χ0) is 14.8. The van der Waals surface area contributed by atoms with Gasteiger partial charge in [-0.15, -0.1) is 0 Å². The Labute approximate surface area is 125 Å². The summed E-state index contributed by atoms with van der Waals surface area (Å²) >= 11 is 0. The first-order valence-electron chi connectivity index (χ1n) is 7.39. The SMILES string of the molecule is COc1ccc2c(c1)C(Nc1ccccc1C(C)O)CC2. The summed E-state index contributed by atoms with van der Waals surface area (Å²) in [5.41, 5.74) is 4.62. The van der Waals surface area contributed by atoms with E-state index in [1.54, 1.807) is 14.0 Å². The number of benzene rings is 2. The maximum atomic E-state index is 9.90. The summed E-state index contributed by atoms with van der Waals surface area (Å²) < 4.78 is 5.33. The summed E-state index contributed by atoms with van der Waals surface area (Å²) in [5.74, 6) is 0.895. The maximum absolute atomic E-state index is 9.90. The molecule has 2 atom stereocenters. The van der Waals surface area contributed by atoms with Gasteiger partial charge in [-0.25, -0.2) is 0 Å². The Balaban J connectivity index is 1.89. The van der Waals surface area contributed by atoms with Gasteiger partial charge in [-0.2, -0.15) is 0 Å². The van der Waals surface area contributed by atoms with Crippen LogP contribution in [0.25, 0.3) is 0 Å². The molecule has 3 heteroatoms. The molecule has 2 unspecified atom stereocenters. The first-order valence-corrected chi connectivity index (χ1v) is 7.39. The van der Waals surface area contributed by atoms with Crippen molar-refractivity contribution in [3.8, 4) is 5.75 Å². The van der Waals surface area contributed by atoms with Gasteiger partial charge in [0.1, 0.15) is 5.75 Å². The molecular formula is C18H21NO2. The molecule has 0 radical (unpaired) electrons. The van der Waals surface area contributed by atoms with E-state index in [1.165, 1.54) is 11.1 Å². The highest BCUT2D eigenvalue weighted by Crippen LogP contribution is 2.37. The number of rotatable bonds is 4. The van der Waals surface area contributed by atoms with Crippen molar-refractivity contribution in [1.29, 1.82) is 0 Å². The van der Waals surface area contributed by atoms with Gasteiger partial charge in [0.25, 0.3) is 0 Å². The number of hydrogen-bond donors (Lipinski definition) is 2. The minimum Gasteiger partial charge on any atom is -0.497 e. The van der Waals surface area contributed by atoms with Crippen LogP contribution in [0.15, 0.2) is 42.5 Å². The van der Waals surface area contributed by atoms with Gasteiger partial charge in [0, 0.05) is 11.3 Å². The maximum Gasteiger partial charge on any atom is 0.119 e. The second-order valence-electron chi connectivity index (χ2n) is 5.56. The van der Waals surface area contributed by atoms with Crippen molar-refractivity contribution in [3.63, 3.8) is 0 Å². The third kappa shape index (κ3) is 2.74. The van der Waals surface area contributed by atoms with E-state index in [2.05, 4.69) is 17.4 Å². The van der Waals surface area contributed by atoms with E-state index < -0.39 is 6.10 Å². The Kier molecular flexibility index (Phi) is 3.84. The number of nitrogens with one attached hydrogen (secondary N) is 1. The van der Waals surface area contributed by atoms with Crippen molar-refractivity contribution in [2.45, 2.75) is 31.9 Å². The van der Waals surface area contributed by atoms with Crippen molar-refractivity contribution < 1.29 is 9.84 Å². The number of fused-ring (bicyclic) bond motifs is 1. The number of para-hydroxylation sites is 1. The van der Waals surface area contributed by atoms with Crippen LogP contribution in [0.5, 0.6) is 5.75 Å². The number of aliphatic hydroxyl groups is 1. The van der Waals surface area contributed by atoms with Crippen LogP contribution < -0.4 is 10.1 Å². The first-order chi connectivity index (χ1) is 10.2. The molecule has 3 nitrogen and oxygen atoms in total. The Morgan fingerprint density at radius 2 is 2.05 bits per heavy atom. The number of anilines is 1. The summed E-state index contributed by atoms with van der Waals surface area (Å²) in [6, 6.07) is 14.5. The fourth-order valence-corrected chi connectivity index (χ4v) is 3.04. The van der Waals surface area contributed by atoms with Crippen molar-refractivity contribution in [1.82, 2.24) is 0 Å². The number of hydrogen-bond acceptors (Lipinski definition) is 3. The molecule has 0 saturated heterocycles. The van der Waals surface area contributed by atoms with Crippen LogP contribution in [0.2, 0.25) is 0 Å². The van der Waals surface area contributed by atoms with Crippen LogP contribution in [-0.2, 0) is 6.42 Å². The molecule has 2 N–H and O–H groups in total. The summed E-state index contributed by atoms with van der Waals surface area (Å²) in [6.07, 6.45) is 1.67. The second kappa shape index (κ2) is 5.78. The van der Waals surface area contributed by atoms with Crippen LogP contribution in [0.1, 0.15) is 42.2 Å². The molecule has 3 rings (SSSR count). The molecule has 2 aromatic carbocycles. The van der Waals surface area contributed by atoms with Crippen LogP contribution >= 0.6 is 0 Å². The molecule has 0 spiro atoms. The third-order valence-corrected chi connectivity index (χ3v) is 4.17. The topological polar surface area (TPSA) is 41.5 Å². The molecule has 1 aliphatic rings. The summed E-state index contributed by atoms with van der Waals surface area (Å²) in [6.45, 7) is 1.80. The summed E-state index contributed by atoms with van der Waals surface area (Å²) in [5, 5.41) is 13.5. The highest BCUT2D eigenvalue weighted by Gasteiger charge is 2.23. The van der Waals surface area contributed by atoms with Crippen LogP contribution in [0.4, 0.5) is 5.69 Å². The molecule has 1 aliphatic carbocycles. The van der Waals surface area contributed by atoms with Crippen molar-refractivity contribution >= 4 is 5.69 Å². The fraction of sp³-hybridized carbons (Fsp3) is 0.333. The monoisotopic (exact) mass is 283 g/mol. The van der Waals surface area contributed by atoms with Crippen molar-refractivity contribution in [3.05, 3.63) is 59.2 Å². The van der Waals surface area contributed by atoms with Gasteiger partial charge in [-0.05, 0) is 49.1 Å². The molecule has 0 aromatic heterocycles.